The third-order valence-electron chi connectivity index (χ3n) is 8.97. The Hall–Kier alpha value is -3.18. The summed E-state index contributed by atoms with van der Waals surface area (Å²) in [7, 11) is 0. The number of thioether (sulfide) groups is 1. The molecule has 41 heavy (non-hydrogen) atoms. The molecule has 1 aromatic carbocycles. The fourth-order valence-corrected chi connectivity index (χ4v) is 9.37. The van der Waals surface area contributed by atoms with E-state index in [1.54, 1.807) is 38.4 Å². The van der Waals surface area contributed by atoms with Crippen LogP contribution in [0.2, 0.25) is 0 Å². The van der Waals surface area contributed by atoms with Gasteiger partial charge in [0.15, 0.2) is 0 Å². The maximum Gasteiger partial charge on any atom is 0.311 e. The molecule has 2 bridgehead atoms. The highest BCUT2D eigenvalue weighted by atomic mass is 32.2. The van der Waals surface area contributed by atoms with Gasteiger partial charge in [-0.25, -0.2) is 4.68 Å². The van der Waals surface area contributed by atoms with Crippen LogP contribution in [0, 0.1) is 17.8 Å². The molecule has 1 N–H and O–H groups in total. The van der Waals surface area contributed by atoms with E-state index >= 15 is 0 Å². The lowest BCUT2D eigenvalue weighted by Gasteiger charge is -2.40. The Morgan fingerprint density at radius 3 is 2.71 bits per heavy atom. The fourth-order valence-electron chi connectivity index (χ4n) is 7.04. The summed E-state index contributed by atoms with van der Waals surface area (Å²) in [5.74, 6) is -2.44. The number of aliphatic hydroxyl groups is 1. The van der Waals surface area contributed by atoms with E-state index in [1.165, 1.54) is 0 Å². The summed E-state index contributed by atoms with van der Waals surface area (Å²) >= 11 is 1.58. The van der Waals surface area contributed by atoms with Crippen molar-refractivity contribution in [2.24, 2.45) is 17.8 Å². The average molecular weight is 582 g/mol. The number of amides is 2. The number of hydrogen-bond donors (Lipinski definition) is 1. The molecule has 4 heterocycles. The third kappa shape index (κ3) is 4.67. The molecule has 3 aliphatic heterocycles. The van der Waals surface area contributed by atoms with E-state index < -0.39 is 39.4 Å². The van der Waals surface area contributed by atoms with Crippen molar-refractivity contribution in [1.29, 1.82) is 0 Å². The predicted octanol–water partition coefficient (Wildman–Crippen LogP) is 3.02. The molecule has 0 aliphatic carbocycles. The largest absolute Gasteiger partial charge is 0.465 e. The Kier molecular flexibility index (Phi) is 8.04. The van der Waals surface area contributed by atoms with Crippen LogP contribution in [-0.2, 0) is 25.8 Å². The smallest absolute Gasteiger partial charge is 0.311 e. The monoisotopic (exact) mass is 581 g/mol. The lowest BCUT2D eigenvalue weighted by atomic mass is 9.66. The lowest BCUT2D eigenvalue weighted by Crippen LogP contribution is -2.58. The van der Waals surface area contributed by atoms with E-state index in [9.17, 15) is 19.5 Å². The minimum Gasteiger partial charge on any atom is -0.465 e. The van der Waals surface area contributed by atoms with E-state index in [4.69, 9.17) is 4.74 Å². The van der Waals surface area contributed by atoms with Crippen LogP contribution >= 0.6 is 11.8 Å². The molecule has 1 spiro atoms. The van der Waals surface area contributed by atoms with Crippen molar-refractivity contribution < 1.29 is 24.2 Å². The summed E-state index contributed by atoms with van der Waals surface area (Å²) in [6.07, 6.45) is 5.15. The first-order valence-electron chi connectivity index (χ1n) is 14.2. The summed E-state index contributed by atoms with van der Waals surface area (Å²) in [5, 5.41) is 19.0. The average Bonchev–Trinajstić information content (AvgIpc) is 3.64. The molecule has 0 radical (unpaired) electrons. The zero-order chi connectivity index (χ0) is 29.5. The van der Waals surface area contributed by atoms with Crippen LogP contribution in [-0.4, -0.2) is 89.0 Å². The molecule has 1 aromatic heterocycles. The van der Waals surface area contributed by atoms with E-state index in [2.05, 4.69) is 23.5 Å². The van der Waals surface area contributed by atoms with Crippen LogP contribution < -0.4 is 0 Å². The van der Waals surface area contributed by atoms with Crippen LogP contribution in [0.3, 0.4) is 0 Å². The van der Waals surface area contributed by atoms with E-state index in [0.29, 0.717) is 24.8 Å². The van der Waals surface area contributed by atoms with Crippen LogP contribution in [0.25, 0.3) is 11.0 Å². The fraction of sp³-hybridized carbons (Fsp3) is 0.567. The molecule has 10 nitrogen and oxygen atoms in total. The molecular formula is C30H39N5O5S. The van der Waals surface area contributed by atoms with Crippen LogP contribution in [0.1, 0.15) is 40.0 Å². The van der Waals surface area contributed by atoms with Crippen molar-refractivity contribution in [3.63, 3.8) is 0 Å². The molecule has 220 valence electrons. The molecule has 3 aliphatic rings. The summed E-state index contributed by atoms with van der Waals surface area (Å²) in [4.78, 5) is 45.9. The van der Waals surface area contributed by atoms with Gasteiger partial charge in [0.25, 0.3) is 0 Å². The van der Waals surface area contributed by atoms with Crippen molar-refractivity contribution in [2.75, 3.05) is 19.8 Å². The minimum absolute atomic E-state index is 0.114. The van der Waals surface area contributed by atoms with Crippen molar-refractivity contribution >= 4 is 40.6 Å². The van der Waals surface area contributed by atoms with Gasteiger partial charge in [0.05, 0.1) is 41.4 Å². The number of rotatable bonds is 12. The molecule has 6 atom stereocenters. The molecular weight excluding hydrogens is 542 g/mol. The number of carbonyl (C=O) groups is 3. The molecule has 2 amide bonds. The maximum absolute atomic E-state index is 14.7. The SMILES string of the molecule is C=CCCOC(=O)[C@@H]1[C@H]2C(=O)N([C@@H](CO)C(C)C)C(C(=O)N(CC=C)Cn3nnc4ccccc43)C23CC[C@@]1(C)S3. The summed E-state index contributed by atoms with van der Waals surface area (Å²) in [5.41, 5.74) is 1.50. The van der Waals surface area contributed by atoms with Gasteiger partial charge >= 0.3 is 5.97 Å². The number of hydrogen-bond acceptors (Lipinski definition) is 8. The van der Waals surface area contributed by atoms with E-state index in [1.807, 2.05) is 45.0 Å². The Labute approximate surface area is 244 Å². The number of nitrogens with zero attached hydrogens (tertiary/aromatic N) is 5. The third-order valence-corrected chi connectivity index (χ3v) is 11.0. The first-order valence-corrected chi connectivity index (χ1v) is 15.0. The summed E-state index contributed by atoms with van der Waals surface area (Å²) in [6, 6.07) is 6.07. The van der Waals surface area contributed by atoms with Gasteiger partial charge in [0.2, 0.25) is 11.8 Å². The van der Waals surface area contributed by atoms with Gasteiger partial charge < -0.3 is 19.6 Å². The van der Waals surface area contributed by atoms with Gasteiger partial charge in [0.1, 0.15) is 18.2 Å². The molecule has 2 unspecified atom stereocenters. The van der Waals surface area contributed by atoms with E-state index in [-0.39, 0.29) is 44.2 Å². The number of para-hydroxylation sites is 1. The number of carbonyl (C=O) groups excluding carboxylic acids is 3. The van der Waals surface area contributed by atoms with Crippen molar-refractivity contribution in [3.05, 3.63) is 49.6 Å². The first kappa shape index (κ1) is 29.3. The summed E-state index contributed by atoms with van der Waals surface area (Å²) < 4.78 is 5.94. The van der Waals surface area contributed by atoms with Crippen LogP contribution in [0.4, 0.5) is 0 Å². The van der Waals surface area contributed by atoms with Crippen molar-refractivity contribution in [2.45, 2.75) is 68.3 Å². The quantitative estimate of drug-likeness (QED) is 0.231. The highest BCUT2D eigenvalue weighted by Crippen LogP contribution is 2.72. The zero-order valence-corrected chi connectivity index (χ0v) is 24.8. The highest BCUT2D eigenvalue weighted by Gasteiger charge is 2.78. The number of ether oxygens (including phenoxy) is 1. The standard InChI is InChI=1S/C30H39N5O5S/c1-6-8-16-40-28(39)24-23-26(37)35(22(17-36)19(3)4)25(30(23)14-13-29(24,5)41-30)27(38)33(15-7-2)18-34-21-12-10-9-11-20(21)31-32-34/h6-7,9-12,19,22-25,36H,1-2,8,13-18H2,3-5H3/t22-,23-,24-,25?,29+,30?/m0/s1. The second kappa shape index (κ2) is 11.2. The Balaban J connectivity index is 1.56. The Morgan fingerprint density at radius 1 is 1.27 bits per heavy atom. The van der Waals surface area contributed by atoms with Crippen LogP contribution in [0.15, 0.2) is 49.6 Å². The summed E-state index contributed by atoms with van der Waals surface area (Å²) in [6.45, 7) is 13.7. The van der Waals surface area contributed by atoms with Gasteiger partial charge in [-0.2, -0.15) is 0 Å². The Bertz CT molecular complexity index is 1360. The van der Waals surface area contributed by atoms with Gasteiger partial charge in [-0.3, -0.25) is 14.4 Å². The lowest BCUT2D eigenvalue weighted by molar-refractivity contribution is -0.156. The van der Waals surface area contributed by atoms with Gasteiger partial charge in [-0.1, -0.05) is 43.3 Å². The second-order valence-electron chi connectivity index (χ2n) is 11.8. The number of esters is 1. The molecule has 2 aromatic rings. The number of benzene rings is 1. The molecule has 3 saturated heterocycles. The van der Waals surface area contributed by atoms with Gasteiger partial charge in [-0.05, 0) is 44.2 Å². The topological polar surface area (TPSA) is 118 Å². The maximum atomic E-state index is 14.7. The molecule has 11 heteroatoms. The first-order chi connectivity index (χ1) is 19.6. The van der Waals surface area contributed by atoms with E-state index in [0.717, 1.165) is 5.52 Å². The van der Waals surface area contributed by atoms with Gasteiger partial charge in [-0.15, -0.1) is 30.0 Å². The molecule has 3 fully saturated rings. The van der Waals surface area contributed by atoms with Crippen molar-refractivity contribution in [3.8, 4) is 0 Å². The van der Waals surface area contributed by atoms with Crippen molar-refractivity contribution in [1.82, 2.24) is 24.8 Å². The molecule has 0 saturated carbocycles. The molecule has 5 rings (SSSR count). The van der Waals surface area contributed by atoms with Crippen LogP contribution in [0.5, 0.6) is 0 Å². The Morgan fingerprint density at radius 2 is 2.02 bits per heavy atom. The highest BCUT2D eigenvalue weighted by molar-refractivity contribution is 8.02. The zero-order valence-electron chi connectivity index (χ0n) is 23.9. The normalized spacial score (nSPS) is 29.1. The number of aromatic nitrogens is 3. The van der Waals surface area contributed by atoms with Gasteiger partial charge in [0, 0.05) is 11.3 Å². The number of likely N-dealkylation sites (tertiary alicyclic amines) is 1. The minimum atomic E-state index is -0.868. The number of fused-ring (bicyclic) bond motifs is 2. The second-order valence-corrected chi connectivity index (χ2v) is 13.7. The predicted molar refractivity (Wildman–Crippen MR) is 156 cm³/mol. The number of aliphatic hydroxyl groups excluding tert-OH is 1.